The van der Waals surface area contributed by atoms with E-state index < -0.39 is 22.1 Å². The van der Waals surface area contributed by atoms with Gasteiger partial charge >= 0.3 is 5.97 Å². The zero-order chi connectivity index (χ0) is 20.0. The van der Waals surface area contributed by atoms with E-state index >= 15 is 0 Å². The van der Waals surface area contributed by atoms with Gasteiger partial charge in [0.2, 0.25) is 0 Å². The second-order valence-corrected chi connectivity index (χ2v) is 8.90. The molecular weight excluding hydrogens is 378 g/mol. The number of carboxylic acid groups (broad SMARTS) is 1. The molecule has 1 unspecified atom stereocenters. The van der Waals surface area contributed by atoms with E-state index in [-0.39, 0.29) is 13.1 Å². The number of rotatable bonds is 8. The molecule has 0 bridgehead atoms. The Hall–Kier alpha value is -2.29. The Bertz CT molecular complexity index is 875. The molecule has 0 aliphatic carbocycles. The van der Waals surface area contributed by atoms with Gasteiger partial charge in [0, 0.05) is 38.6 Å². The summed E-state index contributed by atoms with van der Waals surface area (Å²) in [6.45, 7) is 0.889. The molecule has 1 saturated heterocycles. The van der Waals surface area contributed by atoms with Crippen LogP contribution in [0.25, 0.3) is 0 Å². The highest BCUT2D eigenvalue weighted by molar-refractivity contribution is 7.86. The van der Waals surface area contributed by atoms with Crippen LogP contribution in [0.3, 0.4) is 0 Å². The summed E-state index contributed by atoms with van der Waals surface area (Å²) in [4.78, 5) is 15.4. The van der Waals surface area contributed by atoms with Crippen molar-refractivity contribution in [3.05, 3.63) is 66.0 Å². The minimum absolute atomic E-state index is 0.0204. The molecule has 0 spiro atoms. The molecule has 1 N–H and O–H groups in total. The van der Waals surface area contributed by atoms with Crippen LogP contribution < -0.4 is 0 Å². The van der Waals surface area contributed by atoms with Crippen LogP contribution in [0, 0.1) is 5.92 Å². The Morgan fingerprint density at radius 3 is 2.61 bits per heavy atom. The number of hydrogen-bond donors (Lipinski definition) is 1. The highest BCUT2D eigenvalue weighted by atomic mass is 32.2. The topological polar surface area (TPSA) is 90.8 Å². The largest absolute Gasteiger partial charge is 0.481 e. The van der Waals surface area contributed by atoms with Gasteiger partial charge in [-0.25, -0.2) is 0 Å². The summed E-state index contributed by atoms with van der Waals surface area (Å²) in [6, 6.07) is 13.3. The standard InChI is InChI=1S/C20H25N3O4S/c24-20(25)19-9-5-12-22(16-19)28(26,27)23(15-18-8-4-11-21-14-18)13-10-17-6-2-1-3-7-17/h1-4,6-8,11,14,19H,5,9-10,12-13,15-16H2,(H,24,25). The molecule has 1 atom stereocenters. The molecule has 3 rings (SSSR count). The van der Waals surface area contributed by atoms with Gasteiger partial charge in [-0.3, -0.25) is 9.78 Å². The SMILES string of the molecule is O=C(O)C1CCCN(S(=O)(=O)N(CCc2ccccc2)Cc2cccnc2)C1. The lowest BCUT2D eigenvalue weighted by molar-refractivity contribution is -0.142. The lowest BCUT2D eigenvalue weighted by Gasteiger charge is -2.34. The second-order valence-electron chi connectivity index (χ2n) is 6.97. The van der Waals surface area contributed by atoms with Gasteiger partial charge in [0.05, 0.1) is 5.92 Å². The molecule has 1 aromatic carbocycles. The molecule has 1 aliphatic heterocycles. The van der Waals surface area contributed by atoms with Crippen molar-refractivity contribution in [2.45, 2.75) is 25.8 Å². The molecule has 28 heavy (non-hydrogen) atoms. The van der Waals surface area contributed by atoms with Gasteiger partial charge in [0.1, 0.15) is 0 Å². The van der Waals surface area contributed by atoms with Crippen LogP contribution in [0.1, 0.15) is 24.0 Å². The summed E-state index contributed by atoms with van der Waals surface area (Å²) >= 11 is 0. The number of aliphatic carboxylic acids is 1. The molecular formula is C20H25N3O4S. The predicted octanol–water partition coefficient (Wildman–Crippen LogP) is 2.17. The van der Waals surface area contributed by atoms with Gasteiger partial charge in [0.25, 0.3) is 10.2 Å². The normalized spacial score (nSPS) is 18.2. The molecule has 2 heterocycles. The first kappa shape index (κ1) is 20.4. The Morgan fingerprint density at radius 2 is 1.93 bits per heavy atom. The Kier molecular flexibility index (Phi) is 6.77. The summed E-state index contributed by atoms with van der Waals surface area (Å²) in [5, 5.41) is 9.30. The summed E-state index contributed by atoms with van der Waals surface area (Å²) < 4.78 is 29.4. The lowest BCUT2D eigenvalue weighted by atomic mass is 10.0. The zero-order valence-electron chi connectivity index (χ0n) is 15.6. The minimum Gasteiger partial charge on any atom is -0.481 e. The first-order chi connectivity index (χ1) is 13.5. The molecule has 1 aliphatic rings. The number of nitrogens with zero attached hydrogens (tertiary/aromatic N) is 3. The van der Waals surface area contributed by atoms with Gasteiger partial charge in [-0.15, -0.1) is 0 Å². The number of carbonyl (C=O) groups is 1. The molecule has 150 valence electrons. The quantitative estimate of drug-likeness (QED) is 0.729. The van der Waals surface area contributed by atoms with Crippen LogP contribution in [0.4, 0.5) is 0 Å². The van der Waals surface area contributed by atoms with Gasteiger partial charge in [-0.2, -0.15) is 17.0 Å². The third kappa shape index (κ3) is 5.15. The van der Waals surface area contributed by atoms with Gasteiger partial charge in [-0.1, -0.05) is 36.4 Å². The van der Waals surface area contributed by atoms with Crippen LogP contribution in [0.2, 0.25) is 0 Å². The Balaban J connectivity index is 1.80. The van der Waals surface area contributed by atoms with E-state index in [1.54, 1.807) is 18.5 Å². The van der Waals surface area contributed by atoms with Gasteiger partial charge < -0.3 is 5.11 Å². The van der Waals surface area contributed by atoms with Crippen molar-refractivity contribution in [1.82, 2.24) is 13.6 Å². The predicted molar refractivity (Wildman–Crippen MR) is 106 cm³/mol. The Morgan fingerprint density at radius 1 is 1.18 bits per heavy atom. The summed E-state index contributed by atoms with van der Waals surface area (Å²) in [5.74, 6) is -1.60. The Labute approximate surface area is 165 Å². The van der Waals surface area contributed by atoms with Crippen molar-refractivity contribution in [3.8, 4) is 0 Å². The van der Waals surface area contributed by atoms with Crippen LogP contribution >= 0.6 is 0 Å². The third-order valence-corrected chi connectivity index (χ3v) is 6.91. The smallest absolute Gasteiger partial charge is 0.307 e. The molecule has 8 heteroatoms. The minimum atomic E-state index is -3.78. The van der Waals surface area contributed by atoms with E-state index in [0.29, 0.717) is 32.4 Å². The fraction of sp³-hybridized carbons (Fsp3) is 0.400. The van der Waals surface area contributed by atoms with Crippen molar-refractivity contribution in [3.63, 3.8) is 0 Å². The average Bonchev–Trinajstić information content (AvgIpc) is 2.72. The maximum absolute atomic E-state index is 13.3. The molecule has 1 fully saturated rings. The van der Waals surface area contributed by atoms with Crippen molar-refractivity contribution < 1.29 is 18.3 Å². The number of carboxylic acids is 1. The molecule has 0 saturated carbocycles. The van der Waals surface area contributed by atoms with Crippen LogP contribution in [-0.4, -0.2) is 52.7 Å². The zero-order valence-corrected chi connectivity index (χ0v) is 16.5. The molecule has 0 radical (unpaired) electrons. The molecule has 1 aromatic heterocycles. The average molecular weight is 404 g/mol. The number of piperidine rings is 1. The van der Waals surface area contributed by atoms with E-state index in [1.165, 1.54) is 8.61 Å². The van der Waals surface area contributed by atoms with E-state index in [0.717, 1.165) is 11.1 Å². The summed E-state index contributed by atoms with van der Waals surface area (Å²) in [5.41, 5.74) is 1.85. The van der Waals surface area contributed by atoms with Gasteiger partial charge in [-0.05, 0) is 36.5 Å². The van der Waals surface area contributed by atoms with Crippen molar-refractivity contribution >= 4 is 16.2 Å². The monoisotopic (exact) mass is 403 g/mol. The van der Waals surface area contributed by atoms with E-state index in [9.17, 15) is 18.3 Å². The number of benzene rings is 1. The maximum atomic E-state index is 13.3. The first-order valence-corrected chi connectivity index (χ1v) is 10.8. The van der Waals surface area contributed by atoms with Crippen molar-refractivity contribution in [2.24, 2.45) is 5.92 Å². The van der Waals surface area contributed by atoms with Crippen molar-refractivity contribution in [2.75, 3.05) is 19.6 Å². The second kappa shape index (κ2) is 9.27. The van der Waals surface area contributed by atoms with E-state index in [4.69, 9.17) is 0 Å². The fourth-order valence-corrected chi connectivity index (χ4v) is 5.08. The van der Waals surface area contributed by atoms with E-state index in [1.807, 2.05) is 36.4 Å². The molecule has 0 amide bonds. The third-order valence-electron chi connectivity index (χ3n) is 4.96. The lowest BCUT2D eigenvalue weighted by Crippen LogP contribution is -2.49. The molecule has 7 nitrogen and oxygen atoms in total. The number of pyridine rings is 1. The number of aromatic nitrogens is 1. The summed E-state index contributed by atoms with van der Waals surface area (Å²) in [7, 11) is -3.78. The van der Waals surface area contributed by atoms with Gasteiger partial charge in [0.15, 0.2) is 0 Å². The first-order valence-electron chi connectivity index (χ1n) is 9.37. The summed E-state index contributed by atoms with van der Waals surface area (Å²) in [6.07, 6.45) is 4.94. The highest BCUT2D eigenvalue weighted by Gasteiger charge is 2.35. The van der Waals surface area contributed by atoms with Crippen LogP contribution in [0.15, 0.2) is 54.9 Å². The number of hydrogen-bond acceptors (Lipinski definition) is 4. The van der Waals surface area contributed by atoms with Crippen LogP contribution in [0.5, 0.6) is 0 Å². The fourth-order valence-electron chi connectivity index (χ4n) is 3.39. The van der Waals surface area contributed by atoms with Crippen molar-refractivity contribution in [1.29, 1.82) is 0 Å². The molecule has 2 aromatic rings. The maximum Gasteiger partial charge on any atom is 0.307 e. The highest BCUT2D eigenvalue weighted by Crippen LogP contribution is 2.23. The van der Waals surface area contributed by atoms with Crippen LogP contribution in [-0.2, 0) is 28.0 Å². The van der Waals surface area contributed by atoms with E-state index in [2.05, 4.69) is 4.98 Å².